The first-order valence-electron chi connectivity index (χ1n) is 7.97. The maximum Gasteiger partial charge on any atom is 0.171 e. The molecule has 0 aromatic heterocycles. The Balaban J connectivity index is 3.68. The zero-order valence-electron chi connectivity index (χ0n) is 13.8. The van der Waals surface area contributed by atoms with Crippen LogP contribution in [0, 0.1) is 17.8 Å². The van der Waals surface area contributed by atoms with Gasteiger partial charge < -0.3 is 4.43 Å². The molecule has 1 atom stereocenters. The number of hydrogen-bond acceptors (Lipinski definition) is 1. The monoisotopic (exact) mass is 282 g/mol. The lowest BCUT2D eigenvalue weighted by atomic mass is 9.86. The van der Waals surface area contributed by atoms with Gasteiger partial charge in [-0.2, -0.15) is 0 Å². The van der Waals surface area contributed by atoms with E-state index in [2.05, 4.69) is 39.8 Å². The van der Waals surface area contributed by atoms with Gasteiger partial charge in [0.05, 0.1) is 0 Å². The first kappa shape index (κ1) is 18.7. The normalized spacial score (nSPS) is 13.5. The van der Waals surface area contributed by atoms with Crippen molar-refractivity contribution < 1.29 is 4.43 Å². The van der Waals surface area contributed by atoms with Gasteiger partial charge in [0.1, 0.15) is 0 Å². The van der Waals surface area contributed by atoms with E-state index in [1.807, 2.05) is 0 Å². The summed E-state index contributed by atoms with van der Waals surface area (Å²) in [6.45, 7) is 11.4. The van der Waals surface area contributed by atoms with Gasteiger partial charge in [-0.15, -0.1) is 12.3 Å². The summed E-state index contributed by atoms with van der Waals surface area (Å²) in [5.74, 6) is 2.71. The van der Waals surface area contributed by atoms with Crippen LogP contribution in [-0.2, 0) is 4.43 Å². The molecule has 1 unspecified atom stereocenters. The number of unbranched alkanes of at least 4 members (excludes halogenated alkanes) is 6. The second-order valence-corrected chi connectivity index (χ2v) is 9.27. The van der Waals surface area contributed by atoms with Crippen LogP contribution < -0.4 is 0 Å². The van der Waals surface area contributed by atoms with Gasteiger partial charge in [-0.05, 0) is 31.4 Å². The molecule has 0 aromatic rings. The van der Waals surface area contributed by atoms with Crippen molar-refractivity contribution in [1.29, 1.82) is 0 Å². The standard InChI is InChI=1S/C17H34OSi/c1-7-8-9-10-11-12-13-14-15-16(17(2,3)4)18-19(5)6/h1,16,19H,8-15H2,2-6H3. The van der Waals surface area contributed by atoms with Crippen molar-refractivity contribution in [2.24, 2.45) is 5.41 Å². The average molecular weight is 283 g/mol. The maximum atomic E-state index is 6.19. The second kappa shape index (κ2) is 10.5. The molecule has 2 heteroatoms. The van der Waals surface area contributed by atoms with Gasteiger partial charge in [0, 0.05) is 12.5 Å². The molecular formula is C17H34OSi. The molecule has 0 amide bonds. The zero-order chi connectivity index (χ0) is 14.7. The molecule has 19 heavy (non-hydrogen) atoms. The lowest BCUT2D eigenvalue weighted by Gasteiger charge is -2.32. The second-order valence-electron chi connectivity index (χ2n) is 6.90. The van der Waals surface area contributed by atoms with Crippen LogP contribution in [0.2, 0.25) is 13.1 Å². The van der Waals surface area contributed by atoms with Crippen LogP contribution in [0.5, 0.6) is 0 Å². The highest BCUT2D eigenvalue weighted by Crippen LogP contribution is 2.27. The summed E-state index contributed by atoms with van der Waals surface area (Å²) in [4.78, 5) is 0. The minimum absolute atomic E-state index is 0.282. The van der Waals surface area contributed by atoms with Crippen LogP contribution in [0.25, 0.3) is 0 Å². The Morgan fingerprint density at radius 2 is 1.53 bits per heavy atom. The van der Waals surface area contributed by atoms with Crippen molar-refractivity contribution in [3.05, 3.63) is 0 Å². The molecule has 0 rings (SSSR count). The minimum atomic E-state index is -0.925. The molecule has 1 nitrogen and oxygen atoms in total. The number of terminal acetylenes is 1. The molecular weight excluding hydrogens is 248 g/mol. The Bertz CT molecular complexity index is 247. The Kier molecular flexibility index (Phi) is 10.4. The van der Waals surface area contributed by atoms with E-state index in [1.165, 1.54) is 44.9 Å². The highest BCUT2D eigenvalue weighted by molar-refractivity contribution is 6.48. The van der Waals surface area contributed by atoms with Gasteiger partial charge in [-0.1, -0.05) is 52.9 Å². The van der Waals surface area contributed by atoms with E-state index in [9.17, 15) is 0 Å². The average Bonchev–Trinajstić information content (AvgIpc) is 2.29. The van der Waals surface area contributed by atoms with Crippen LogP contribution >= 0.6 is 0 Å². The Morgan fingerprint density at radius 3 is 2.00 bits per heavy atom. The molecule has 0 bridgehead atoms. The molecule has 0 spiro atoms. The van der Waals surface area contributed by atoms with Gasteiger partial charge in [-0.3, -0.25) is 0 Å². The SMILES string of the molecule is C#CCCCCCCCCC(O[SiH](C)C)C(C)(C)C. The summed E-state index contributed by atoms with van der Waals surface area (Å²) in [6.07, 6.45) is 15.7. The fourth-order valence-electron chi connectivity index (χ4n) is 2.30. The summed E-state index contributed by atoms with van der Waals surface area (Å²) in [7, 11) is -0.925. The third-order valence-electron chi connectivity index (χ3n) is 3.44. The van der Waals surface area contributed by atoms with Crippen molar-refractivity contribution in [2.75, 3.05) is 0 Å². The van der Waals surface area contributed by atoms with Gasteiger partial charge >= 0.3 is 0 Å². The summed E-state index contributed by atoms with van der Waals surface area (Å²) in [5.41, 5.74) is 0.282. The van der Waals surface area contributed by atoms with Crippen LogP contribution in [0.4, 0.5) is 0 Å². The van der Waals surface area contributed by atoms with Gasteiger partial charge in [0.15, 0.2) is 9.04 Å². The third kappa shape index (κ3) is 11.3. The summed E-state index contributed by atoms with van der Waals surface area (Å²) in [5, 5.41) is 0. The van der Waals surface area contributed by atoms with Gasteiger partial charge in [0.25, 0.3) is 0 Å². The van der Waals surface area contributed by atoms with Crippen molar-refractivity contribution in [3.8, 4) is 12.3 Å². The molecule has 0 heterocycles. The molecule has 0 aliphatic heterocycles. The van der Waals surface area contributed by atoms with E-state index < -0.39 is 9.04 Å². The Morgan fingerprint density at radius 1 is 1.00 bits per heavy atom. The summed E-state index contributed by atoms with van der Waals surface area (Å²) < 4.78 is 6.19. The van der Waals surface area contributed by atoms with Crippen LogP contribution in [-0.4, -0.2) is 15.1 Å². The van der Waals surface area contributed by atoms with E-state index in [4.69, 9.17) is 10.8 Å². The zero-order valence-corrected chi connectivity index (χ0v) is 15.0. The quantitative estimate of drug-likeness (QED) is 0.306. The number of rotatable bonds is 10. The fraction of sp³-hybridized carbons (Fsp3) is 0.882. The Labute approximate surface area is 123 Å². The lowest BCUT2D eigenvalue weighted by molar-refractivity contribution is 0.0759. The third-order valence-corrected chi connectivity index (χ3v) is 4.31. The highest BCUT2D eigenvalue weighted by Gasteiger charge is 2.25. The predicted molar refractivity (Wildman–Crippen MR) is 89.0 cm³/mol. The van der Waals surface area contributed by atoms with Gasteiger partial charge in [-0.25, -0.2) is 0 Å². The maximum absolute atomic E-state index is 6.19. The first-order valence-corrected chi connectivity index (χ1v) is 10.7. The van der Waals surface area contributed by atoms with Crippen molar-refractivity contribution in [2.45, 2.75) is 91.3 Å². The van der Waals surface area contributed by atoms with Crippen LogP contribution in [0.3, 0.4) is 0 Å². The molecule has 0 saturated carbocycles. The van der Waals surface area contributed by atoms with Crippen LogP contribution in [0.15, 0.2) is 0 Å². The molecule has 0 N–H and O–H groups in total. The van der Waals surface area contributed by atoms with E-state index in [0.717, 1.165) is 6.42 Å². The van der Waals surface area contributed by atoms with E-state index in [-0.39, 0.29) is 5.41 Å². The van der Waals surface area contributed by atoms with E-state index >= 15 is 0 Å². The van der Waals surface area contributed by atoms with Gasteiger partial charge in [0.2, 0.25) is 0 Å². The topological polar surface area (TPSA) is 9.23 Å². The number of hydrogen-bond donors (Lipinski definition) is 0. The van der Waals surface area contributed by atoms with Crippen LogP contribution in [0.1, 0.15) is 72.1 Å². The molecule has 0 fully saturated rings. The molecule has 0 aliphatic rings. The van der Waals surface area contributed by atoms with E-state index in [1.54, 1.807) is 0 Å². The van der Waals surface area contributed by atoms with Crippen molar-refractivity contribution in [3.63, 3.8) is 0 Å². The van der Waals surface area contributed by atoms with Crippen molar-refractivity contribution in [1.82, 2.24) is 0 Å². The molecule has 0 radical (unpaired) electrons. The largest absolute Gasteiger partial charge is 0.417 e. The minimum Gasteiger partial charge on any atom is -0.417 e. The smallest absolute Gasteiger partial charge is 0.171 e. The van der Waals surface area contributed by atoms with E-state index in [0.29, 0.717) is 6.10 Å². The Hall–Kier alpha value is -0.263. The lowest BCUT2D eigenvalue weighted by Crippen LogP contribution is -2.33. The molecule has 0 aliphatic carbocycles. The highest BCUT2D eigenvalue weighted by atomic mass is 28.3. The fourth-order valence-corrected chi connectivity index (χ4v) is 3.50. The molecule has 112 valence electrons. The summed E-state index contributed by atoms with van der Waals surface area (Å²) >= 11 is 0. The molecule has 0 aromatic carbocycles. The first-order chi connectivity index (χ1) is 8.88. The molecule has 0 saturated heterocycles. The summed E-state index contributed by atoms with van der Waals surface area (Å²) in [6, 6.07) is 0. The van der Waals surface area contributed by atoms with Crippen molar-refractivity contribution >= 4 is 9.04 Å². The predicted octanol–water partition coefficient (Wildman–Crippen LogP) is 5.16.